The van der Waals surface area contributed by atoms with Crippen LogP contribution < -0.4 is 15.4 Å². The van der Waals surface area contributed by atoms with Gasteiger partial charge in [-0.25, -0.2) is 4.68 Å². The van der Waals surface area contributed by atoms with Gasteiger partial charge in [0, 0.05) is 22.0 Å². The highest BCUT2D eigenvalue weighted by Crippen LogP contribution is 2.38. The number of nitrogens with zero attached hydrogens (tertiary/aromatic N) is 3. The van der Waals surface area contributed by atoms with E-state index < -0.39 is 6.04 Å². The fourth-order valence-corrected chi connectivity index (χ4v) is 3.48. The summed E-state index contributed by atoms with van der Waals surface area (Å²) in [6, 6.07) is 14.1. The molecule has 1 aliphatic rings. The van der Waals surface area contributed by atoms with E-state index in [1.807, 2.05) is 25.1 Å². The van der Waals surface area contributed by atoms with Crippen LogP contribution in [0, 0.1) is 0 Å². The quantitative estimate of drug-likeness (QED) is 0.700. The minimum atomic E-state index is -0.495. The van der Waals surface area contributed by atoms with Gasteiger partial charge < -0.3 is 15.4 Å². The fraction of sp³-hybridized carbons (Fsp3) is 0.150. The number of anilines is 2. The van der Waals surface area contributed by atoms with Gasteiger partial charge in [-0.05, 0) is 37.3 Å². The molecule has 1 amide bonds. The van der Waals surface area contributed by atoms with Gasteiger partial charge in [0.05, 0.1) is 12.7 Å². The van der Waals surface area contributed by atoms with Crippen molar-refractivity contribution >= 4 is 29.1 Å². The Bertz CT molecular complexity index is 1060. The van der Waals surface area contributed by atoms with Crippen molar-refractivity contribution < 1.29 is 9.53 Å². The Morgan fingerprint density at radius 3 is 2.68 bits per heavy atom. The van der Waals surface area contributed by atoms with Crippen molar-refractivity contribution in [2.24, 2.45) is 0 Å². The Morgan fingerprint density at radius 2 is 1.96 bits per heavy atom. The average molecular weight is 396 g/mol. The summed E-state index contributed by atoms with van der Waals surface area (Å²) in [6.07, 6.45) is 1.45. The number of halogens is 1. The van der Waals surface area contributed by atoms with Crippen LogP contribution in [-0.2, 0) is 4.79 Å². The topological polar surface area (TPSA) is 81.1 Å². The molecule has 28 heavy (non-hydrogen) atoms. The Morgan fingerprint density at radius 1 is 1.21 bits per heavy atom. The van der Waals surface area contributed by atoms with Crippen molar-refractivity contribution in [1.29, 1.82) is 0 Å². The Balaban J connectivity index is 1.74. The molecule has 1 aliphatic heterocycles. The normalized spacial score (nSPS) is 15.6. The van der Waals surface area contributed by atoms with Crippen molar-refractivity contribution in [3.63, 3.8) is 0 Å². The van der Waals surface area contributed by atoms with Crippen molar-refractivity contribution in [2.45, 2.75) is 13.0 Å². The lowest BCUT2D eigenvalue weighted by molar-refractivity contribution is -0.113. The zero-order valence-electron chi connectivity index (χ0n) is 15.3. The molecule has 4 rings (SSSR count). The van der Waals surface area contributed by atoms with Crippen molar-refractivity contribution in [1.82, 2.24) is 14.8 Å². The highest BCUT2D eigenvalue weighted by atomic mass is 35.5. The molecule has 0 aliphatic carbocycles. The summed E-state index contributed by atoms with van der Waals surface area (Å²) in [5.74, 6) is 1.03. The van der Waals surface area contributed by atoms with Gasteiger partial charge in [0.25, 0.3) is 5.91 Å². The number of carbonyl (C=O) groups is 1. The second-order valence-corrected chi connectivity index (χ2v) is 6.71. The summed E-state index contributed by atoms with van der Waals surface area (Å²) >= 11 is 6.45. The van der Waals surface area contributed by atoms with Crippen molar-refractivity contribution in [3.05, 3.63) is 76.7 Å². The van der Waals surface area contributed by atoms with Gasteiger partial charge in [-0.1, -0.05) is 29.8 Å². The van der Waals surface area contributed by atoms with Crippen LogP contribution in [-0.4, -0.2) is 27.8 Å². The SMILES string of the molecule is COc1ccc(NC(=O)C2=C(C)Nc3ncnn3[C@@H]2c2ccccc2Cl)cc1. The first kappa shape index (κ1) is 18.1. The van der Waals surface area contributed by atoms with Gasteiger partial charge in [-0.2, -0.15) is 10.1 Å². The molecule has 1 atom stereocenters. The first-order chi connectivity index (χ1) is 13.6. The summed E-state index contributed by atoms with van der Waals surface area (Å²) in [6.45, 7) is 1.84. The predicted molar refractivity (Wildman–Crippen MR) is 108 cm³/mol. The minimum absolute atomic E-state index is 0.249. The molecular formula is C20H18ClN5O2. The molecule has 8 heteroatoms. The van der Waals surface area contributed by atoms with E-state index in [-0.39, 0.29) is 5.91 Å². The number of aromatic nitrogens is 3. The summed E-state index contributed by atoms with van der Waals surface area (Å²) < 4.78 is 6.82. The van der Waals surface area contributed by atoms with Crippen LogP contribution in [0.5, 0.6) is 5.75 Å². The molecule has 0 fully saturated rings. The Kier molecular flexibility index (Phi) is 4.75. The number of carbonyl (C=O) groups excluding carboxylic acids is 1. The number of amides is 1. The molecule has 0 bridgehead atoms. The molecule has 2 aromatic carbocycles. The zero-order chi connectivity index (χ0) is 19.7. The fourth-order valence-electron chi connectivity index (χ4n) is 3.24. The molecule has 0 saturated heterocycles. The number of nitrogens with one attached hydrogen (secondary N) is 2. The number of hydrogen-bond donors (Lipinski definition) is 2. The number of ether oxygens (including phenoxy) is 1. The third-order valence-corrected chi connectivity index (χ3v) is 4.93. The largest absolute Gasteiger partial charge is 0.497 e. The molecule has 2 heterocycles. The van der Waals surface area contributed by atoms with E-state index in [9.17, 15) is 4.79 Å². The number of allylic oxidation sites excluding steroid dienone is 1. The molecule has 7 nitrogen and oxygen atoms in total. The first-order valence-corrected chi connectivity index (χ1v) is 9.03. The van der Waals surface area contributed by atoms with E-state index >= 15 is 0 Å². The van der Waals surface area contributed by atoms with Crippen LogP contribution in [0.1, 0.15) is 18.5 Å². The second kappa shape index (κ2) is 7.36. The lowest BCUT2D eigenvalue weighted by Gasteiger charge is -2.29. The van der Waals surface area contributed by atoms with Crippen LogP contribution in [0.25, 0.3) is 0 Å². The van der Waals surface area contributed by atoms with Crippen LogP contribution in [0.4, 0.5) is 11.6 Å². The zero-order valence-corrected chi connectivity index (χ0v) is 16.1. The number of methoxy groups -OCH3 is 1. The van der Waals surface area contributed by atoms with E-state index in [4.69, 9.17) is 16.3 Å². The minimum Gasteiger partial charge on any atom is -0.497 e. The summed E-state index contributed by atoms with van der Waals surface area (Å²) in [5.41, 5.74) is 2.64. The van der Waals surface area contributed by atoms with Crippen LogP contribution in [0.15, 0.2) is 66.1 Å². The van der Waals surface area contributed by atoms with Gasteiger partial charge in [0.2, 0.25) is 5.95 Å². The molecule has 3 aromatic rings. The van der Waals surface area contributed by atoms with Gasteiger partial charge in [-0.3, -0.25) is 4.79 Å². The molecule has 0 unspecified atom stereocenters. The number of benzene rings is 2. The molecule has 0 spiro atoms. The predicted octanol–water partition coefficient (Wildman–Crippen LogP) is 3.87. The molecule has 142 valence electrons. The molecule has 2 N–H and O–H groups in total. The van der Waals surface area contributed by atoms with Gasteiger partial charge in [0.1, 0.15) is 18.1 Å². The second-order valence-electron chi connectivity index (χ2n) is 6.30. The van der Waals surface area contributed by atoms with E-state index in [0.717, 1.165) is 5.56 Å². The smallest absolute Gasteiger partial charge is 0.255 e. The average Bonchev–Trinajstić information content (AvgIpc) is 3.16. The highest BCUT2D eigenvalue weighted by Gasteiger charge is 2.34. The lowest BCUT2D eigenvalue weighted by Crippen LogP contribution is -2.31. The maximum Gasteiger partial charge on any atom is 0.255 e. The van der Waals surface area contributed by atoms with Gasteiger partial charge >= 0.3 is 0 Å². The van der Waals surface area contributed by atoms with E-state index in [1.54, 1.807) is 42.1 Å². The van der Waals surface area contributed by atoms with Crippen molar-refractivity contribution in [3.8, 4) is 5.75 Å². The third-order valence-electron chi connectivity index (χ3n) is 4.59. The van der Waals surface area contributed by atoms with E-state index in [0.29, 0.717) is 33.7 Å². The molecular weight excluding hydrogens is 378 g/mol. The highest BCUT2D eigenvalue weighted by molar-refractivity contribution is 6.31. The lowest BCUT2D eigenvalue weighted by atomic mass is 9.95. The van der Waals surface area contributed by atoms with Crippen molar-refractivity contribution in [2.75, 3.05) is 17.7 Å². The van der Waals surface area contributed by atoms with Crippen LogP contribution >= 0.6 is 11.6 Å². The maximum atomic E-state index is 13.2. The maximum absolute atomic E-state index is 13.2. The monoisotopic (exact) mass is 395 g/mol. The number of rotatable bonds is 4. The Hall–Kier alpha value is -3.32. The molecule has 0 saturated carbocycles. The summed E-state index contributed by atoms with van der Waals surface area (Å²) in [7, 11) is 1.60. The summed E-state index contributed by atoms with van der Waals surface area (Å²) in [5, 5.41) is 10.9. The van der Waals surface area contributed by atoms with Gasteiger partial charge in [-0.15, -0.1) is 0 Å². The van der Waals surface area contributed by atoms with E-state index in [2.05, 4.69) is 20.7 Å². The van der Waals surface area contributed by atoms with Crippen LogP contribution in [0.2, 0.25) is 5.02 Å². The standard InChI is InChI=1S/C20H18ClN5O2/c1-12-17(19(27)25-13-7-9-14(28-2)10-8-13)18(15-5-3-4-6-16(15)21)26-20(24-12)22-11-23-26/h3-11,18H,1-2H3,(H,25,27)(H,22,23,24)/t18-/m1/s1. The molecule has 0 radical (unpaired) electrons. The Labute approximate surface area is 167 Å². The number of fused-ring (bicyclic) bond motifs is 1. The third kappa shape index (κ3) is 3.20. The molecule has 1 aromatic heterocycles. The number of hydrogen-bond acceptors (Lipinski definition) is 5. The van der Waals surface area contributed by atoms with Crippen LogP contribution in [0.3, 0.4) is 0 Å². The van der Waals surface area contributed by atoms with Gasteiger partial charge in [0.15, 0.2) is 0 Å². The first-order valence-electron chi connectivity index (χ1n) is 8.65. The van der Waals surface area contributed by atoms with E-state index in [1.165, 1.54) is 6.33 Å². The summed E-state index contributed by atoms with van der Waals surface area (Å²) in [4.78, 5) is 17.4.